The largest absolute Gasteiger partial charge is 0.462 e. The lowest BCUT2D eigenvalue weighted by molar-refractivity contribution is -0.163. The van der Waals surface area contributed by atoms with E-state index in [2.05, 4.69) is 81.5 Å². The van der Waals surface area contributed by atoms with E-state index in [0.29, 0.717) is 19.4 Å². The molecule has 0 radical (unpaired) electrons. The van der Waals surface area contributed by atoms with E-state index in [1.807, 2.05) is 0 Å². The smallest absolute Gasteiger partial charge is 0.306 e. The summed E-state index contributed by atoms with van der Waals surface area (Å²) in [5, 5.41) is 0. The van der Waals surface area contributed by atoms with Crippen LogP contribution in [0.3, 0.4) is 0 Å². The molecule has 58 heavy (non-hydrogen) atoms. The summed E-state index contributed by atoms with van der Waals surface area (Å²) in [7, 11) is 0. The first kappa shape index (κ1) is 55.6. The monoisotopic (exact) mass is 811 g/mol. The Morgan fingerprint density at radius 2 is 0.793 bits per heavy atom. The molecule has 336 valence electrons. The quantitative estimate of drug-likeness (QED) is 0.0348. The van der Waals surface area contributed by atoms with Crippen molar-refractivity contribution < 1.29 is 23.8 Å². The van der Waals surface area contributed by atoms with Gasteiger partial charge in [-0.25, -0.2) is 0 Å². The number of ether oxygens (including phenoxy) is 3. The van der Waals surface area contributed by atoms with Crippen LogP contribution in [0.1, 0.15) is 239 Å². The minimum absolute atomic E-state index is 0.0652. The molecule has 0 aromatic heterocycles. The summed E-state index contributed by atoms with van der Waals surface area (Å²) in [4.78, 5) is 25.3. The van der Waals surface area contributed by atoms with Gasteiger partial charge in [-0.1, -0.05) is 191 Å². The Kier molecular flexibility index (Phi) is 46.9. The van der Waals surface area contributed by atoms with Crippen molar-refractivity contribution in [1.29, 1.82) is 0 Å². The van der Waals surface area contributed by atoms with Crippen molar-refractivity contribution in [2.75, 3.05) is 19.8 Å². The second kappa shape index (κ2) is 49.0. The maximum atomic E-state index is 12.7. The second-order valence-corrected chi connectivity index (χ2v) is 16.3. The molecular weight excluding hydrogens is 717 g/mol. The summed E-state index contributed by atoms with van der Waals surface area (Å²) >= 11 is 0. The van der Waals surface area contributed by atoms with Crippen LogP contribution in [0.4, 0.5) is 0 Å². The van der Waals surface area contributed by atoms with E-state index in [1.54, 1.807) is 0 Å². The molecule has 0 amide bonds. The van der Waals surface area contributed by atoms with Crippen molar-refractivity contribution in [3.05, 3.63) is 60.8 Å². The van der Waals surface area contributed by atoms with Crippen LogP contribution in [0, 0.1) is 0 Å². The van der Waals surface area contributed by atoms with E-state index in [0.717, 1.165) is 83.5 Å². The van der Waals surface area contributed by atoms with Crippen molar-refractivity contribution in [2.24, 2.45) is 0 Å². The topological polar surface area (TPSA) is 61.8 Å². The van der Waals surface area contributed by atoms with Crippen LogP contribution >= 0.6 is 0 Å². The Balaban J connectivity index is 4.26. The normalized spacial score (nSPS) is 12.7. The molecule has 0 aliphatic rings. The Bertz CT molecular complexity index is 1010. The predicted octanol–water partition coefficient (Wildman–Crippen LogP) is 16.6. The van der Waals surface area contributed by atoms with Crippen LogP contribution in [0.5, 0.6) is 0 Å². The number of esters is 2. The molecule has 0 aliphatic heterocycles. The van der Waals surface area contributed by atoms with Gasteiger partial charge in [-0.15, -0.1) is 0 Å². The SMILES string of the molecule is CC/C=C\C/C=C\C/C=C\CCCCCC(=O)OCC(COCCCCCCCCCC/C=C\CCCCCCCC)OC(=O)CCCCCCC/C=C\CCCC. The Hall–Kier alpha value is -2.40. The van der Waals surface area contributed by atoms with Gasteiger partial charge in [0.05, 0.1) is 6.61 Å². The maximum absolute atomic E-state index is 12.7. The minimum Gasteiger partial charge on any atom is -0.462 e. The molecule has 1 unspecified atom stereocenters. The summed E-state index contributed by atoms with van der Waals surface area (Å²) in [6, 6.07) is 0. The van der Waals surface area contributed by atoms with E-state index in [-0.39, 0.29) is 25.2 Å². The Labute approximate surface area is 360 Å². The first-order valence-corrected chi connectivity index (χ1v) is 24.8. The van der Waals surface area contributed by atoms with Crippen LogP contribution in [0.25, 0.3) is 0 Å². The van der Waals surface area contributed by atoms with Gasteiger partial charge in [-0.05, 0) is 96.3 Å². The molecule has 0 aromatic rings. The highest BCUT2D eigenvalue weighted by molar-refractivity contribution is 5.70. The van der Waals surface area contributed by atoms with Gasteiger partial charge in [-0.2, -0.15) is 0 Å². The van der Waals surface area contributed by atoms with Gasteiger partial charge in [0.25, 0.3) is 0 Å². The van der Waals surface area contributed by atoms with Crippen LogP contribution < -0.4 is 0 Å². The zero-order valence-corrected chi connectivity index (χ0v) is 38.6. The van der Waals surface area contributed by atoms with E-state index in [4.69, 9.17) is 14.2 Å². The van der Waals surface area contributed by atoms with Crippen molar-refractivity contribution in [3.63, 3.8) is 0 Å². The number of unbranched alkanes of at least 4 members (excludes halogenated alkanes) is 24. The van der Waals surface area contributed by atoms with Gasteiger partial charge in [0.15, 0.2) is 6.10 Å². The lowest BCUT2D eigenvalue weighted by atomic mass is 10.1. The third-order valence-corrected chi connectivity index (χ3v) is 10.5. The molecule has 0 N–H and O–H groups in total. The summed E-state index contributed by atoms with van der Waals surface area (Å²) in [6.07, 6.45) is 60.9. The highest BCUT2D eigenvalue weighted by Crippen LogP contribution is 2.13. The zero-order valence-electron chi connectivity index (χ0n) is 38.6. The lowest BCUT2D eigenvalue weighted by Gasteiger charge is -2.18. The van der Waals surface area contributed by atoms with Gasteiger partial charge in [0.1, 0.15) is 6.61 Å². The van der Waals surface area contributed by atoms with E-state index in [9.17, 15) is 9.59 Å². The molecule has 0 saturated heterocycles. The number of carbonyl (C=O) groups excluding carboxylic acids is 2. The highest BCUT2D eigenvalue weighted by atomic mass is 16.6. The van der Waals surface area contributed by atoms with Gasteiger partial charge >= 0.3 is 11.9 Å². The fourth-order valence-corrected chi connectivity index (χ4v) is 6.79. The van der Waals surface area contributed by atoms with E-state index in [1.165, 1.54) is 122 Å². The molecular formula is C53H94O5. The standard InChI is InChI=1S/C53H94O5/c1-4-7-10-13-16-19-22-24-25-26-27-28-30-33-36-39-42-45-48-56-49-51(58-53(55)47-44-41-38-35-31-21-18-15-12-9-6-3)50-57-52(54)46-43-40-37-34-32-29-23-20-17-14-11-8-5-2/h8,11,15,17-18,20,24-25,29,32,51H,4-7,9-10,12-14,16,19,21-23,26-28,30-31,33-50H2,1-3H3/b11-8-,18-15-,20-17-,25-24-,32-29-. The van der Waals surface area contributed by atoms with Crippen LogP contribution in [-0.4, -0.2) is 37.9 Å². The average Bonchev–Trinajstić information content (AvgIpc) is 3.22. The van der Waals surface area contributed by atoms with E-state index < -0.39 is 6.10 Å². The van der Waals surface area contributed by atoms with Crippen molar-refractivity contribution in [2.45, 2.75) is 245 Å². The molecule has 0 aliphatic carbocycles. The highest BCUT2D eigenvalue weighted by Gasteiger charge is 2.17. The molecule has 0 fully saturated rings. The second-order valence-electron chi connectivity index (χ2n) is 16.3. The first-order chi connectivity index (χ1) is 28.6. The molecule has 0 aromatic carbocycles. The summed E-state index contributed by atoms with van der Waals surface area (Å²) < 4.78 is 17.3. The third kappa shape index (κ3) is 46.3. The van der Waals surface area contributed by atoms with E-state index >= 15 is 0 Å². The number of rotatable bonds is 45. The maximum Gasteiger partial charge on any atom is 0.306 e. The molecule has 0 saturated carbocycles. The number of hydrogen-bond donors (Lipinski definition) is 0. The Morgan fingerprint density at radius 3 is 1.33 bits per heavy atom. The molecule has 5 heteroatoms. The van der Waals surface area contributed by atoms with Gasteiger partial charge in [0.2, 0.25) is 0 Å². The molecule has 0 bridgehead atoms. The molecule has 1 atom stereocenters. The van der Waals surface area contributed by atoms with Crippen LogP contribution in [0.15, 0.2) is 60.8 Å². The van der Waals surface area contributed by atoms with Crippen LogP contribution in [-0.2, 0) is 23.8 Å². The summed E-state index contributed by atoms with van der Waals surface area (Å²) in [6.45, 7) is 7.64. The fourth-order valence-electron chi connectivity index (χ4n) is 6.79. The molecule has 5 nitrogen and oxygen atoms in total. The van der Waals surface area contributed by atoms with Crippen LogP contribution in [0.2, 0.25) is 0 Å². The average molecular weight is 811 g/mol. The van der Waals surface area contributed by atoms with Gasteiger partial charge in [-0.3, -0.25) is 9.59 Å². The molecule has 0 heterocycles. The first-order valence-electron chi connectivity index (χ1n) is 24.8. The predicted molar refractivity (Wildman–Crippen MR) is 251 cm³/mol. The number of carbonyl (C=O) groups is 2. The summed E-state index contributed by atoms with van der Waals surface area (Å²) in [5.74, 6) is -0.441. The number of hydrogen-bond acceptors (Lipinski definition) is 5. The van der Waals surface area contributed by atoms with Crippen molar-refractivity contribution in [3.8, 4) is 0 Å². The molecule has 0 spiro atoms. The van der Waals surface area contributed by atoms with Gasteiger partial charge < -0.3 is 14.2 Å². The van der Waals surface area contributed by atoms with Gasteiger partial charge in [0, 0.05) is 19.4 Å². The molecule has 0 rings (SSSR count). The Morgan fingerprint density at radius 1 is 0.397 bits per heavy atom. The lowest BCUT2D eigenvalue weighted by Crippen LogP contribution is -2.30. The number of allylic oxidation sites excluding steroid dienone is 10. The third-order valence-electron chi connectivity index (χ3n) is 10.5. The zero-order chi connectivity index (χ0) is 42.1. The van der Waals surface area contributed by atoms with Crippen molar-refractivity contribution >= 4 is 11.9 Å². The summed E-state index contributed by atoms with van der Waals surface area (Å²) in [5.41, 5.74) is 0. The fraction of sp³-hybridized carbons (Fsp3) is 0.774. The van der Waals surface area contributed by atoms with Crippen molar-refractivity contribution in [1.82, 2.24) is 0 Å². The minimum atomic E-state index is -0.553.